The summed E-state index contributed by atoms with van der Waals surface area (Å²) in [7, 11) is 1.59. The first-order chi connectivity index (χ1) is 22.5. The Hall–Kier alpha value is -4.58. The highest BCUT2D eigenvalue weighted by Crippen LogP contribution is 2.42. The largest absolute Gasteiger partial charge is 0.497 e. The van der Waals surface area contributed by atoms with Gasteiger partial charge in [-0.05, 0) is 79.8 Å². The van der Waals surface area contributed by atoms with E-state index in [0.717, 1.165) is 48.4 Å². The lowest BCUT2D eigenvalue weighted by atomic mass is 9.85. The van der Waals surface area contributed by atoms with E-state index in [0.29, 0.717) is 30.8 Å². The summed E-state index contributed by atoms with van der Waals surface area (Å²) in [5.74, 6) is -3.39. The topological polar surface area (TPSA) is 99.5 Å². The van der Waals surface area contributed by atoms with E-state index >= 15 is 8.78 Å². The number of nitro groups is 1. The Morgan fingerprint density at radius 2 is 1.64 bits per heavy atom. The van der Waals surface area contributed by atoms with Crippen molar-refractivity contribution in [2.45, 2.75) is 57.0 Å². The van der Waals surface area contributed by atoms with Gasteiger partial charge in [0.15, 0.2) is 0 Å². The van der Waals surface area contributed by atoms with Gasteiger partial charge in [-0.15, -0.1) is 0 Å². The van der Waals surface area contributed by atoms with Crippen molar-refractivity contribution < 1.29 is 28.0 Å². The number of alkyl halides is 2. The molecule has 0 aliphatic carbocycles. The van der Waals surface area contributed by atoms with Crippen LogP contribution in [0.15, 0.2) is 66.7 Å². The average Bonchev–Trinajstić information content (AvgIpc) is 3.07. The molecule has 0 radical (unpaired) electrons. The number of piperidine rings is 2. The maximum Gasteiger partial charge on any atom is 0.331 e. The molecule has 0 aromatic heterocycles. The van der Waals surface area contributed by atoms with Gasteiger partial charge in [0, 0.05) is 55.6 Å². The van der Waals surface area contributed by atoms with Crippen LogP contribution in [0.5, 0.6) is 5.75 Å². The number of non-ortho nitro benzene ring substituents is 1. The molecule has 3 heterocycles. The molecule has 0 spiro atoms. The first-order valence-electron chi connectivity index (χ1n) is 16.0. The van der Waals surface area contributed by atoms with Gasteiger partial charge in [-0.3, -0.25) is 29.6 Å². The number of likely N-dealkylation sites (tertiary alicyclic amines) is 1. The van der Waals surface area contributed by atoms with Crippen molar-refractivity contribution in [2.75, 3.05) is 49.6 Å². The zero-order valence-electron chi connectivity index (χ0n) is 26.6. The molecule has 0 saturated carbocycles. The molecule has 1 atom stereocenters. The predicted molar refractivity (Wildman–Crippen MR) is 174 cm³/mol. The second kappa shape index (κ2) is 13.3. The number of rotatable bonds is 8. The van der Waals surface area contributed by atoms with Crippen molar-refractivity contribution in [3.63, 3.8) is 0 Å². The summed E-state index contributed by atoms with van der Waals surface area (Å²) >= 11 is 0. The highest BCUT2D eigenvalue weighted by Gasteiger charge is 2.47. The molecular formula is C35H39F2N5O5. The minimum Gasteiger partial charge on any atom is -0.497 e. The van der Waals surface area contributed by atoms with E-state index in [1.165, 1.54) is 29.2 Å². The molecule has 47 heavy (non-hydrogen) atoms. The van der Waals surface area contributed by atoms with Gasteiger partial charge < -0.3 is 9.64 Å². The molecule has 3 aliphatic rings. The molecular weight excluding hydrogens is 608 g/mol. The number of imide groups is 1. The second-order valence-electron chi connectivity index (χ2n) is 12.6. The van der Waals surface area contributed by atoms with Crippen LogP contribution in [0.25, 0.3) is 0 Å². The number of halogens is 2. The fraction of sp³-hybridized carbons (Fsp3) is 0.429. The van der Waals surface area contributed by atoms with Crippen LogP contribution >= 0.6 is 0 Å². The maximum atomic E-state index is 15.4. The van der Waals surface area contributed by atoms with Crippen LogP contribution in [-0.4, -0.2) is 78.5 Å². The molecule has 3 aromatic rings. The minimum atomic E-state index is -2.93. The van der Waals surface area contributed by atoms with Gasteiger partial charge in [0.2, 0.25) is 5.91 Å². The standard InChI is InChI=1S/C35H39F2N5O5/c1-24-21-29(9-12-32(24)40-20-16-33(43)41(34(40)44)22-25-3-10-30(47-2)11-4-25)38-17-13-27(14-18-38)39-19-15-31(35(36,37)23-39)26-5-7-28(8-6-26)42(45)46/h3-12,21,27,31H,13-20,22-23H2,1-2H3. The van der Waals surface area contributed by atoms with Gasteiger partial charge in [0.1, 0.15) is 5.75 Å². The summed E-state index contributed by atoms with van der Waals surface area (Å²) in [5.41, 5.74) is 3.88. The van der Waals surface area contributed by atoms with Crippen LogP contribution < -0.4 is 14.5 Å². The van der Waals surface area contributed by atoms with E-state index < -0.39 is 16.8 Å². The fourth-order valence-electron chi connectivity index (χ4n) is 7.13. The van der Waals surface area contributed by atoms with Gasteiger partial charge in [-0.1, -0.05) is 24.3 Å². The first-order valence-corrected chi connectivity index (χ1v) is 16.0. The van der Waals surface area contributed by atoms with Crippen molar-refractivity contribution in [3.05, 3.63) is 93.5 Å². The molecule has 3 amide bonds. The molecule has 248 valence electrons. The first kappa shape index (κ1) is 32.4. The summed E-state index contributed by atoms with van der Waals surface area (Å²) < 4.78 is 35.9. The molecule has 6 rings (SSSR count). The lowest BCUT2D eigenvalue weighted by Gasteiger charge is -2.45. The third-order valence-electron chi connectivity index (χ3n) is 9.76. The van der Waals surface area contributed by atoms with E-state index in [-0.39, 0.29) is 43.2 Å². The van der Waals surface area contributed by atoms with Crippen molar-refractivity contribution in [1.29, 1.82) is 0 Å². The number of ether oxygens (including phenoxy) is 1. The summed E-state index contributed by atoms with van der Waals surface area (Å²) in [5, 5.41) is 11.0. The summed E-state index contributed by atoms with van der Waals surface area (Å²) in [6.45, 7) is 4.14. The van der Waals surface area contributed by atoms with E-state index in [2.05, 4.69) is 11.0 Å². The number of methoxy groups -OCH3 is 1. The quantitative estimate of drug-likeness (QED) is 0.207. The number of hydrogen-bond acceptors (Lipinski definition) is 7. The van der Waals surface area contributed by atoms with Crippen LogP contribution in [0.2, 0.25) is 0 Å². The van der Waals surface area contributed by atoms with Crippen molar-refractivity contribution >= 4 is 29.0 Å². The lowest BCUT2D eigenvalue weighted by molar-refractivity contribution is -0.384. The number of nitrogens with zero attached hydrogens (tertiary/aromatic N) is 5. The number of aryl methyl sites for hydroxylation is 1. The summed E-state index contributed by atoms with van der Waals surface area (Å²) in [6, 6.07) is 18.5. The summed E-state index contributed by atoms with van der Waals surface area (Å²) in [4.78, 5) is 43.8. The van der Waals surface area contributed by atoms with Gasteiger partial charge in [0.05, 0.1) is 31.0 Å². The van der Waals surface area contributed by atoms with Crippen molar-refractivity contribution in [2.24, 2.45) is 0 Å². The number of amides is 3. The minimum absolute atomic E-state index is 0.0514. The Morgan fingerprint density at radius 3 is 2.26 bits per heavy atom. The molecule has 3 fully saturated rings. The maximum absolute atomic E-state index is 15.4. The number of hydrogen-bond donors (Lipinski definition) is 0. The van der Waals surface area contributed by atoms with E-state index in [4.69, 9.17) is 4.74 Å². The molecule has 3 aliphatic heterocycles. The second-order valence-corrected chi connectivity index (χ2v) is 12.6. The highest BCUT2D eigenvalue weighted by atomic mass is 19.3. The number of nitro benzene ring substituents is 1. The Balaban J connectivity index is 1.05. The van der Waals surface area contributed by atoms with Gasteiger partial charge >= 0.3 is 6.03 Å². The Morgan fingerprint density at radius 1 is 0.936 bits per heavy atom. The molecule has 0 N–H and O–H groups in total. The summed E-state index contributed by atoms with van der Waals surface area (Å²) in [6.07, 6.45) is 2.04. The molecule has 12 heteroatoms. The molecule has 0 bridgehead atoms. The van der Waals surface area contributed by atoms with Crippen LogP contribution in [0, 0.1) is 17.0 Å². The van der Waals surface area contributed by atoms with Gasteiger partial charge in [0.25, 0.3) is 11.6 Å². The van der Waals surface area contributed by atoms with E-state index in [1.807, 2.05) is 36.1 Å². The highest BCUT2D eigenvalue weighted by molar-refractivity contribution is 6.06. The van der Waals surface area contributed by atoms with Gasteiger partial charge in [-0.25, -0.2) is 13.6 Å². The monoisotopic (exact) mass is 647 g/mol. The zero-order valence-corrected chi connectivity index (χ0v) is 26.6. The number of anilines is 2. The Labute approximate surface area is 272 Å². The van der Waals surface area contributed by atoms with Crippen LogP contribution in [-0.2, 0) is 11.3 Å². The van der Waals surface area contributed by atoms with E-state index in [1.54, 1.807) is 24.1 Å². The third kappa shape index (κ3) is 6.78. The zero-order chi connectivity index (χ0) is 33.3. The molecule has 3 saturated heterocycles. The van der Waals surface area contributed by atoms with Crippen LogP contribution in [0.4, 0.5) is 30.6 Å². The van der Waals surface area contributed by atoms with Crippen molar-refractivity contribution in [1.82, 2.24) is 9.80 Å². The normalized spacial score (nSPS) is 20.9. The molecule has 3 aromatic carbocycles. The lowest BCUT2D eigenvalue weighted by Crippen LogP contribution is -2.54. The van der Waals surface area contributed by atoms with E-state index in [9.17, 15) is 19.7 Å². The number of carbonyl (C=O) groups is 2. The number of urea groups is 1. The molecule has 10 nitrogen and oxygen atoms in total. The predicted octanol–water partition coefficient (Wildman–Crippen LogP) is 6.36. The Bertz CT molecular complexity index is 1630. The number of carbonyl (C=O) groups excluding carboxylic acids is 2. The van der Waals surface area contributed by atoms with Crippen LogP contribution in [0.3, 0.4) is 0 Å². The van der Waals surface area contributed by atoms with Crippen LogP contribution in [0.1, 0.15) is 48.3 Å². The third-order valence-corrected chi connectivity index (χ3v) is 9.76. The van der Waals surface area contributed by atoms with Crippen molar-refractivity contribution in [3.8, 4) is 5.75 Å². The van der Waals surface area contributed by atoms with Gasteiger partial charge in [-0.2, -0.15) is 0 Å². The SMILES string of the molecule is COc1ccc(CN2C(=O)CCN(c3ccc(N4CCC(N5CCC(c6ccc([N+](=O)[O-])cc6)C(F)(F)C5)CC4)cc3C)C2=O)cc1. The number of benzene rings is 3. The Kier molecular flexibility index (Phi) is 9.14. The smallest absolute Gasteiger partial charge is 0.331 e. The average molecular weight is 648 g/mol. The molecule has 1 unspecified atom stereocenters. The fourth-order valence-corrected chi connectivity index (χ4v) is 7.13.